The molecular formula is C15H20N4O2. The van der Waals surface area contributed by atoms with Crippen LogP contribution >= 0.6 is 0 Å². The molecular weight excluding hydrogens is 268 g/mol. The smallest absolute Gasteiger partial charge is 0.274 e. The van der Waals surface area contributed by atoms with Crippen LogP contribution in [-0.2, 0) is 4.74 Å². The number of anilines is 1. The van der Waals surface area contributed by atoms with Crippen LogP contribution in [0, 0.1) is 0 Å². The topological polar surface area (TPSA) is 73.4 Å². The van der Waals surface area contributed by atoms with Crippen molar-refractivity contribution < 1.29 is 9.53 Å². The number of nitrogen functional groups attached to an aromatic ring is 1. The van der Waals surface area contributed by atoms with Crippen molar-refractivity contribution in [3.05, 3.63) is 42.2 Å². The highest BCUT2D eigenvalue weighted by molar-refractivity contribution is 5.92. The van der Waals surface area contributed by atoms with Crippen molar-refractivity contribution >= 4 is 11.6 Å². The van der Waals surface area contributed by atoms with E-state index in [0.29, 0.717) is 31.1 Å². The molecule has 0 aliphatic carbocycles. The zero-order chi connectivity index (χ0) is 15.2. The first-order valence-electron chi connectivity index (χ1n) is 6.86. The van der Waals surface area contributed by atoms with Crippen molar-refractivity contribution in [2.24, 2.45) is 0 Å². The minimum atomic E-state index is -0.127. The third-order valence-corrected chi connectivity index (χ3v) is 3.06. The van der Waals surface area contributed by atoms with Gasteiger partial charge in [0.2, 0.25) is 0 Å². The average Bonchev–Trinajstić information content (AvgIpc) is 2.96. The first kappa shape index (κ1) is 15.1. The number of aromatic nitrogens is 2. The number of nitrogens with two attached hydrogens (primary N) is 1. The van der Waals surface area contributed by atoms with Gasteiger partial charge in [-0.15, -0.1) is 0 Å². The summed E-state index contributed by atoms with van der Waals surface area (Å²) in [6.45, 7) is 3.63. The van der Waals surface area contributed by atoms with Crippen molar-refractivity contribution in [1.82, 2.24) is 14.7 Å². The summed E-state index contributed by atoms with van der Waals surface area (Å²) in [5, 5.41) is 4.30. The van der Waals surface area contributed by atoms with Crippen LogP contribution in [0.15, 0.2) is 36.5 Å². The molecule has 21 heavy (non-hydrogen) atoms. The van der Waals surface area contributed by atoms with Gasteiger partial charge in [-0.2, -0.15) is 5.10 Å². The monoisotopic (exact) mass is 288 g/mol. The normalized spacial score (nSPS) is 10.6. The van der Waals surface area contributed by atoms with Gasteiger partial charge in [-0.05, 0) is 31.2 Å². The zero-order valence-electron chi connectivity index (χ0n) is 12.3. The molecule has 2 aromatic rings. The molecule has 1 heterocycles. The van der Waals surface area contributed by atoms with Gasteiger partial charge in [0, 0.05) is 32.1 Å². The third-order valence-electron chi connectivity index (χ3n) is 3.06. The molecule has 0 fully saturated rings. The molecule has 6 nitrogen and oxygen atoms in total. The fraction of sp³-hybridized carbons (Fsp3) is 0.333. The molecule has 1 aromatic carbocycles. The Labute approximate surface area is 124 Å². The number of amides is 1. The quantitative estimate of drug-likeness (QED) is 0.646. The molecule has 2 rings (SSSR count). The lowest BCUT2D eigenvalue weighted by Crippen LogP contribution is -2.30. The maximum atomic E-state index is 12.2. The number of benzene rings is 1. The molecule has 0 unspecified atom stereocenters. The highest BCUT2D eigenvalue weighted by atomic mass is 16.5. The number of hydrogen-bond acceptors (Lipinski definition) is 4. The Balaban J connectivity index is 2.07. The summed E-state index contributed by atoms with van der Waals surface area (Å²) in [5.41, 5.74) is 7.63. The molecule has 0 spiro atoms. The van der Waals surface area contributed by atoms with E-state index in [-0.39, 0.29) is 5.91 Å². The van der Waals surface area contributed by atoms with E-state index in [1.807, 2.05) is 19.1 Å². The Morgan fingerprint density at radius 2 is 2.24 bits per heavy atom. The van der Waals surface area contributed by atoms with Crippen LogP contribution in [0.25, 0.3) is 5.69 Å². The summed E-state index contributed by atoms with van der Waals surface area (Å²) >= 11 is 0. The lowest BCUT2D eigenvalue weighted by atomic mass is 10.3. The molecule has 0 radical (unpaired) electrons. The second-order valence-electron chi connectivity index (χ2n) is 4.66. The minimum absolute atomic E-state index is 0.127. The average molecular weight is 288 g/mol. The van der Waals surface area contributed by atoms with E-state index in [1.165, 1.54) is 0 Å². The van der Waals surface area contributed by atoms with Crippen molar-refractivity contribution in [2.45, 2.75) is 6.92 Å². The second-order valence-corrected chi connectivity index (χ2v) is 4.66. The van der Waals surface area contributed by atoms with Crippen LogP contribution < -0.4 is 5.73 Å². The number of hydrogen-bond donors (Lipinski definition) is 1. The van der Waals surface area contributed by atoms with Gasteiger partial charge in [0.15, 0.2) is 5.69 Å². The lowest BCUT2D eigenvalue weighted by molar-refractivity contribution is 0.0704. The third kappa shape index (κ3) is 3.82. The zero-order valence-corrected chi connectivity index (χ0v) is 12.3. The Bertz CT molecular complexity index is 609. The number of ether oxygens (including phenoxy) is 1. The van der Waals surface area contributed by atoms with Crippen LogP contribution in [0.1, 0.15) is 17.4 Å². The second kappa shape index (κ2) is 6.90. The van der Waals surface area contributed by atoms with Crippen LogP contribution in [0.2, 0.25) is 0 Å². The first-order chi connectivity index (χ1) is 10.1. The maximum absolute atomic E-state index is 12.2. The van der Waals surface area contributed by atoms with Crippen molar-refractivity contribution in [2.75, 3.05) is 32.5 Å². The van der Waals surface area contributed by atoms with Gasteiger partial charge < -0.3 is 15.4 Å². The van der Waals surface area contributed by atoms with E-state index >= 15 is 0 Å². The molecule has 2 N–H and O–H groups in total. The van der Waals surface area contributed by atoms with E-state index in [2.05, 4.69) is 5.10 Å². The van der Waals surface area contributed by atoms with Crippen molar-refractivity contribution in [3.8, 4) is 5.69 Å². The highest BCUT2D eigenvalue weighted by Crippen LogP contribution is 2.12. The van der Waals surface area contributed by atoms with Gasteiger partial charge in [-0.25, -0.2) is 4.68 Å². The largest absolute Gasteiger partial charge is 0.399 e. The van der Waals surface area contributed by atoms with Crippen LogP contribution in [-0.4, -0.2) is 47.4 Å². The first-order valence-corrected chi connectivity index (χ1v) is 6.86. The molecule has 0 atom stereocenters. The number of likely N-dealkylation sites (N-methyl/N-ethyl adjacent to an activating group) is 1. The van der Waals surface area contributed by atoms with Gasteiger partial charge in [0.25, 0.3) is 5.91 Å². The Morgan fingerprint density at radius 1 is 1.43 bits per heavy atom. The van der Waals surface area contributed by atoms with Crippen molar-refractivity contribution in [1.29, 1.82) is 0 Å². The summed E-state index contributed by atoms with van der Waals surface area (Å²) in [6, 6.07) is 9.04. The molecule has 0 saturated heterocycles. The van der Waals surface area contributed by atoms with Crippen LogP contribution in [0.5, 0.6) is 0 Å². The summed E-state index contributed by atoms with van der Waals surface area (Å²) < 4.78 is 6.88. The predicted molar refractivity (Wildman–Crippen MR) is 81.4 cm³/mol. The van der Waals surface area contributed by atoms with Crippen LogP contribution in [0.3, 0.4) is 0 Å². The molecule has 0 bridgehead atoms. The minimum Gasteiger partial charge on any atom is -0.399 e. The molecule has 112 valence electrons. The van der Waals surface area contributed by atoms with E-state index < -0.39 is 0 Å². The standard InChI is InChI=1S/C15H20N4O2/c1-3-21-10-9-18(2)15(20)14-7-8-19(17-14)13-6-4-5-12(16)11-13/h4-8,11H,3,9-10,16H2,1-2H3. The number of nitrogens with zero attached hydrogens (tertiary/aromatic N) is 3. The SMILES string of the molecule is CCOCCN(C)C(=O)c1ccn(-c2cccc(N)c2)n1. The number of carbonyl (C=O) groups excluding carboxylic acids is 1. The summed E-state index contributed by atoms with van der Waals surface area (Å²) in [4.78, 5) is 13.8. The maximum Gasteiger partial charge on any atom is 0.274 e. The molecule has 1 aromatic heterocycles. The Kier molecular flexibility index (Phi) is 4.94. The van der Waals surface area contributed by atoms with E-state index in [9.17, 15) is 4.79 Å². The summed E-state index contributed by atoms with van der Waals surface area (Å²) in [7, 11) is 1.74. The highest BCUT2D eigenvalue weighted by Gasteiger charge is 2.14. The lowest BCUT2D eigenvalue weighted by Gasteiger charge is -2.15. The molecule has 0 saturated carbocycles. The van der Waals surface area contributed by atoms with E-state index in [0.717, 1.165) is 5.69 Å². The van der Waals surface area contributed by atoms with E-state index in [4.69, 9.17) is 10.5 Å². The Morgan fingerprint density at radius 3 is 2.95 bits per heavy atom. The molecule has 0 aliphatic rings. The van der Waals surface area contributed by atoms with Gasteiger partial charge in [0.1, 0.15) is 0 Å². The summed E-state index contributed by atoms with van der Waals surface area (Å²) in [5.74, 6) is -0.127. The molecule has 6 heteroatoms. The van der Waals surface area contributed by atoms with Crippen LogP contribution in [0.4, 0.5) is 5.69 Å². The molecule has 0 aliphatic heterocycles. The van der Waals surface area contributed by atoms with Gasteiger partial charge >= 0.3 is 0 Å². The number of carbonyl (C=O) groups is 1. The van der Waals surface area contributed by atoms with E-state index in [1.54, 1.807) is 41.0 Å². The summed E-state index contributed by atoms with van der Waals surface area (Å²) in [6.07, 6.45) is 1.75. The van der Waals surface area contributed by atoms with Gasteiger partial charge in [0.05, 0.1) is 12.3 Å². The molecule has 1 amide bonds. The van der Waals surface area contributed by atoms with Gasteiger partial charge in [-0.3, -0.25) is 4.79 Å². The fourth-order valence-electron chi connectivity index (χ4n) is 1.89. The Hall–Kier alpha value is -2.34. The van der Waals surface area contributed by atoms with Gasteiger partial charge in [-0.1, -0.05) is 6.07 Å². The predicted octanol–water partition coefficient (Wildman–Crippen LogP) is 1.56. The fourth-order valence-corrected chi connectivity index (χ4v) is 1.89. The number of rotatable bonds is 6. The van der Waals surface area contributed by atoms with Crippen molar-refractivity contribution in [3.63, 3.8) is 0 Å².